The van der Waals surface area contributed by atoms with Gasteiger partial charge in [0.15, 0.2) is 0 Å². The summed E-state index contributed by atoms with van der Waals surface area (Å²) in [6.45, 7) is 3.25. The van der Waals surface area contributed by atoms with Crippen molar-refractivity contribution in [3.8, 4) is 0 Å². The van der Waals surface area contributed by atoms with Crippen molar-refractivity contribution in [2.45, 2.75) is 28.0 Å². The van der Waals surface area contributed by atoms with Gasteiger partial charge in [0.25, 0.3) is 5.91 Å². The van der Waals surface area contributed by atoms with E-state index in [2.05, 4.69) is 14.9 Å². The van der Waals surface area contributed by atoms with Gasteiger partial charge in [0.05, 0.1) is 21.0 Å². The van der Waals surface area contributed by atoms with Crippen molar-refractivity contribution in [3.63, 3.8) is 0 Å². The van der Waals surface area contributed by atoms with E-state index in [1.165, 1.54) is 35.9 Å². The summed E-state index contributed by atoms with van der Waals surface area (Å²) in [5, 5.41) is 3.22. The van der Waals surface area contributed by atoms with E-state index in [9.17, 15) is 13.2 Å². The second kappa shape index (κ2) is 8.06. The minimum Gasteiger partial charge on any atom is -0.347 e. The number of anilines is 1. The molecule has 5 rings (SSSR count). The molecule has 28 heavy (non-hydrogen) atoms. The molecule has 2 N–H and O–H groups in total. The molecule has 9 heteroatoms. The molecule has 2 aromatic rings. The lowest BCUT2D eigenvalue weighted by Gasteiger charge is -2.44. The van der Waals surface area contributed by atoms with E-state index >= 15 is 0 Å². The first kappa shape index (κ1) is 19.8. The van der Waals surface area contributed by atoms with Gasteiger partial charge in [0.1, 0.15) is 0 Å². The van der Waals surface area contributed by atoms with Crippen LogP contribution in [0.25, 0.3) is 0 Å². The van der Waals surface area contributed by atoms with Crippen LogP contribution in [0.4, 0.5) is 5.69 Å². The van der Waals surface area contributed by atoms with Crippen LogP contribution in [0.5, 0.6) is 0 Å². The zero-order valence-electron chi connectivity index (χ0n) is 15.6. The van der Waals surface area contributed by atoms with E-state index in [0.29, 0.717) is 16.5 Å². The Morgan fingerprint density at radius 2 is 1.93 bits per heavy atom. The lowest BCUT2D eigenvalue weighted by Crippen LogP contribution is -2.57. The molecule has 4 heterocycles. The van der Waals surface area contributed by atoms with Crippen molar-refractivity contribution in [3.05, 3.63) is 41.3 Å². The first-order valence-electron chi connectivity index (χ1n) is 9.25. The molecule has 3 fully saturated rings. The van der Waals surface area contributed by atoms with Gasteiger partial charge in [0.2, 0.25) is 10.0 Å². The Balaban J connectivity index is 1.43. The smallest absolute Gasteiger partial charge is 0.261 e. The van der Waals surface area contributed by atoms with Crippen LogP contribution in [0.3, 0.4) is 0 Å². The highest BCUT2D eigenvalue weighted by Crippen LogP contribution is 2.37. The van der Waals surface area contributed by atoms with Crippen molar-refractivity contribution < 1.29 is 13.2 Å². The quantitative estimate of drug-likeness (QED) is 0.726. The normalized spacial score (nSPS) is 24.1. The van der Waals surface area contributed by atoms with Gasteiger partial charge in [-0.25, -0.2) is 8.42 Å². The first-order chi connectivity index (χ1) is 13.4. The van der Waals surface area contributed by atoms with Crippen LogP contribution >= 0.6 is 23.1 Å². The average molecular weight is 438 g/mol. The molecule has 0 saturated carbocycles. The summed E-state index contributed by atoms with van der Waals surface area (Å²) >= 11 is 2.89. The summed E-state index contributed by atoms with van der Waals surface area (Å²) in [6, 6.07) is 11.3. The lowest BCUT2D eigenvalue weighted by atomic mass is 9.84. The molecule has 3 saturated heterocycles. The highest BCUT2D eigenvalue weighted by Gasteiger charge is 2.35. The van der Waals surface area contributed by atoms with Gasteiger partial charge < -0.3 is 10.2 Å². The molecule has 1 aromatic carbocycles. The maximum atomic E-state index is 12.7. The zero-order chi connectivity index (χ0) is 19.7. The second-order valence-electron chi connectivity index (χ2n) is 7.31. The van der Waals surface area contributed by atoms with Crippen molar-refractivity contribution in [1.29, 1.82) is 0 Å². The zero-order valence-corrected chi connectivity index (χ0v) is 18.0. The third-order valence-electron chi connectivity index (χ3n) is 5.17. The number of sulfonamides is 1. The van der Waals surface area contributed by atoms with Gasteiger partial charge in [0, 0.05) is 17.5 Å². The molecule has 2 bridgehead atoms. The SMILES string of the molecule is CS(=O)(=O)Nc1ccccc1Sc1ccc(C(=O)N[C@H]2CN3CCC2CC3)s1. The van der Waals surface area contributed by atoms with E-state index in [1.807, 2.05) is 24.3 Å². The number of amides is 1. The molecule has 0 aliphatic carbocycles. The number of fused-ring (bicyclic) bond motifs is 3. The molecule has 150 valence electrons. The Morgan fingerprint density at radius 3 is 2.61 bits per heavy atom. The number of nitrogens with one attached hydrogen (secondary N) is 2. The molecule has 6 nitrogen and oxygen atoms in total. The Kier molecular flexibility index (Phi) is 5.69. The van der Waals surface area contributed by atoms with Gasteiger partial charge in [-0.3, -0.25) is 9.52 Å². The highest BCUT2D eigenvalue weighted by atomic mass is 32.2. The molecule has 0 radical (unpaired) electrons. The number of piperidine rings is 3. The molecule has 1 aromatic heterocycles. The number of carbonyl (C=O) groups excluding carboxylic acids is 1. The van der Waals surface area contributed by atoms with E-state index in [0.717, 1.165) is 35.0 Å². The Morgan fingerprint density at radius 1 is 1.18 bits per heavy atom. The van der Waals surface area contributed by atoms with E-state index in [-0.39, 0.29) is 11.9 Å². The minimum atomic E-state index is -3.35. The third-order valence-corrected chi connectivity index (χ3v) is 8.05. The molecule has 0 unspecified atom stereocenters. The molecule has 1 amide bonds. The summed E-state index contributed by atoms with van der Waals surface area (Å²) in [7, 11) is -3.35. The molecule has 3 aliphatic rings. The van der Waals surface area contributed by atoms with Gasteiger partial charge in [-0.2, -0.15) is 0 Å². The Hall–Kier alpha value is -1.55. The maximum Gasteiger partial charge on any atom is 0.261 e. The second-order valence-corrected chi connectivity index (χ2v) is 11.5. The van der Waals surface area contributed by atoms with Crippen LogP contribution in [-0.2, 0) is 10.0 Å². The van der Waals surface area contributed by atoms with Crippen LogP contribution in [-0.4, -0.2) is 51.2 Å². The first-order valence-corrected chi connectivity index (χ1v) is 12.8. The summed E-state index contributed by atoms with van der Waals surface area (Å²) in [4.78, 5) is 16.6. The predicted octanol–water partition coefficient (Wildman–Crippen LogP) is 3.09. The van der Waals surface area contributed by atoms with E-state index in [1.54, 1.807) is 12.1 Å². The Bertz CT molecular complexity index is 966. The fourth-order valence-electron chi connectivity index (χ4n) is 3.81. The van der Waals surface area contributed by atoms with Crippen molar-refractivity contribution in [1.82, 2.24) is 10.2 Å². The lowest BCUT2D eigenvalue weighted by molar-refractivity contribution is 0.0622. The number of thiophene rings is 1. The van der Waals surface area contributed by atoms with Crippen LogP contribution in [0.15, 0.2) is 45.5 Å². The van der Waals surface area contributed by atoms with Gasteiger partial charge in [-0.05, 0) is 56.1 Å². The van der Waals surface area contributed by atoms with Crippen LogP contribution in [0, 0.1) is 5.92 Å². The van der Waals surface area contributed by atoms with Crippen LogP contribution in [0.2, 0.25) is 0 Å². The van der Waals surface area contributed by atoms with Gasteiger partial charge in [-0.1, -0.05) is 23.9 Å². The number of hydrogen-bond acceptors (Lipinski definition) is 6. The molecule has 3 aliphatic heterocycles. The van der Waals surface area contributed by atoms with Crippen molar-refractivity contribution in [2.24, 2.45) is 5.92 Å². The number of para-hydroxylation sites is 1. The monoisotopic (exact) mass is 437 g/mol. The summed E-state index contributed by atoms with van der Waals surface area (Å²) in [6.07, 6.45) is 3.47. The molecular formula is C19H23N3O3S3. The van der Waals surface area contributed by atoms with Crippen LogP contribution < -0.4 is 10.0 Å². The summed E-state index contributed by atoms with van der Waals surface area (Å²) in [5.74, 6) is 0.579. The number of nitrogens with zero attached hydrogens (tertiary/aromatic N) is 1. The molecule has 0 spiro atoms. The molecular weight excluding hydrogens is 414 g/mol. The fourth-order valence-corrected chi connectivity index (χ4v) is 6.53. The minimum absolute atomic E-state index is 0.0156. The maximum absolute atomic E-state index is 12.7. The number of rotatable bonds is 6. The molecule has 1 atom stereocenters. The van der Waals surface area contributed by atoms with Crippen LogP contribution in [0.1, 0.15) is 22.5 Å². The van der Waals surface area contributed by atoms with Crippen molar-refractivity contribution >= 4 is 44.7 Å². The van der Waals surface area contributed by atoms with Crippen molar-refractivity contribution in [2.75, 3.05) is 30.6 Å². The standard InChI is InChI=1S/C19H23N3O3S3/c1-28(24,25)21-14-4-2-3-5-16(14)26-18-7-6-17(27-18)19(23)20-15-12-22-10-8-13(15)9-11-22/h2-7,13,15,21H,8-12H2,1H3,(H,20,23)/t15-/m0/s1. The Labute approximate surface area is 173 Å². The van der Waals surface area contributed by atoms with E-state index < -0.39 is 10.0 Å². The van der Waals surface area contributed by atoms with E-state index in [4.69, 9.17) is 0 Å². The number of carbonyl (C=O) groups is 1. The van der Waals surface area contributed by atoms with Gasteiger partial charge >= 0.3 is 0 Å². The fraction of sp³-hybridized carbons (Fsp3) is 0.421. The topological polar surface area (TPSA) is 78.5 Å². The average Bonchev–Trinajstić information content (AvgIpc) is 3.12. The number of benzene rings is 1. The third kappa shape index (κ3) is 4.71. The summed E-state index contributed by atoms with van der Waals surface area (Å²) in [5.41, 5.74) is 0.543. The summed E-state index contributed by atoms with van der Waals surface area (Å²) < 4.78 is 26.6. The predicted molar refractivity (Wildman–Crippen MR) is 114 cm³/mol. The highest BCUT2D eigenvalue weighted by molar-refractivity contribution is 8.01. The number of hydrogen-bond donors (Lipinski definition) is 2. The largest absolute Gasteiger partial charge is 0.347 e. The van der Waals surface area contributed by atoms with Gasteiger partial charge in [-0.15, -0.1) is 11.3 Å².